The third-order valence-corrected chi connectivity index (χ3v) is 2.89. The van der Waals surface area contributed by atoms with Gasteiger partial charge in [0.1, 0.15) is 5.82 Å². The van der Waals surface area contributed by atoms with Crippen LogP contribution in [0.25, 0.3) is 0 Å². The maximum Gasteiger partial charge on any atom is 0.306 e. The highest BCUT2D eigenvalue weighted by Crippen LogP contribution is 2.10. The smallest absolute Gasteiger partial charge is 0.306 e. The second-order valence-corrected chi connectivity index (χ2v) is 4.62. The van der Waals surface area contributed by atoms with Crippen LogP contribution in [0.15, 0.2) is 18.2 Å². The number of carbonyl (C=O) groups is 2. The molecule has 1 amide bonds. The van der Waals surface area contributed by atoms with Gasteiger partial charge in [-0.05, 0) is 31.9 Å². The van der Waals surface area contributed by atoms with E-state index in [-0.39, 0.29) is 5.56 Å². The fourth-order valence-corrected chi connectivity index (χ4v) is 1.64. The van der Waals surface area contributed by atoms with Crippen molar-refractivity contribution in [3.8, 4) is 0 Å². The van der Waals surface area contributed by atoms with E-state index in [2.05, 4.69) is 5.32 Å². The highest BCUT2D eigenvalue weighted by molar-refractivity contribution is 5.94. The van der Waals surface area contributed by atoms with E-state index in [9.17, 15) is 14.0 Å². The minimum atomic E-state index is -0.851. The lowest BCUT2D eigenvalue weighted by molar-refractivity contribution is -0.141. The summed E-state index contributed by atoms with van der Waals surface area (Å²) in [6.45, 7) is 3.74. The number of amides is 1. The molecule has 1 aromatic rings. The van der Waals surface area contributed by atoms with Crippen LogP contribution in [0.2, 0.25) is 0 Å². The van der Waals surface area contributed by atoms with E-state index in [1.54, 1.807) is 19.9 Å². The van der Waals surface area contributed by atoms with Crippen LogP contribution in [-0.2, 0) is 4.79 Å². The number of carbonyl (C=O) groups excluding carboxylic acids is 1. The minimum Gasteiger partial charge on any atom is -0.481 e. The summed E-state index contributed by atoms with van der Waals surface area (Å²) < 4.78 is 13.4. The summed E-state index contributed by atoms with van der Waals surface area (Å²) in [5, 5.41) is 11.3. The van der Waals surface area contributed by atoms with Gasteiger partial charge < -0.3 is 10.4 Å². The van der Waals surface area contributed by atoms with E-state index >= 15 is 0 Å². The van der Waals surface area contributed by atoms with Crippen molar-refractivity contribution in [2.24, 2.45) is 5.92 Å². The van der Waals surface area contributed by atoms with Crippen LogP contribution in [0, 0.1) is 18.7 Å². The SMILES string of the molecule is Cc1ccc(F)c(C(=O)NCCCC(C)C(=O)O)c1. The zero-order chi connectivity index (χ0) is 14.4. The number of aliphatic carboxylic acids is 1. The summed E-state index contributed by atoms with van der Waals surface area (Å²) in [4.78, 5) is 22.3. The molecule has 0 aromatic heterocycles. The Labute approximate surface area is 111 Å². The van der Waals surface area contributed by atoms with E-state index in [0.29, 0.717) is 19.4 Å². The van der Waals surface area contributed by atoms with Crippen molar-refractivity contribution >= 4 is 11.9 Å². The second-order valence-electron chi connectivity index (χ2n) is 4.62. The van der Waals surface area contributed by atoms with Crippen LogP contribution in [0.1, 0.15) is 35.7 Å². The molecule has 1 rings (SSSR count). The van der Waals surface area contributed by atoms with Gasteiger partial charge in [-0.2, -0.15) is 0 Å². The fourth-order valence-electron chi connectivity index (χ4n) is 1.64. The molecule has 104 valence electrons. The highest BCUT2D eigenvalue weighted by Gasteiger charge is 2.13. The van der Waals surface area contributed by atoms with Crippen LogP contribution in [0.5, 0.6) is 0 Å². The number of halogens is 1. The van der Waals surface area contributed by atoms with Crippen molar-refractivity contribution < 1.29 is 19.1 Å². The van der Waals surface area contributed by atoms with E-state index < -0.39 is 23.6 Å². The Morgan fingerprint density at radius 2 is 2.11 bits per heavy atom. The van der Waals surface area contributed by atoms with Gasteiger partial charge >= 0.3 is 5.97 Å². The lowest BCUT2D eigenvalue weighted by atomic mass is 10.1. The summed E-state index contributed by atoms with van der Waals surface area (Å²) >= 11 is 0. The van der Waals surface area contributed by atoms with Gasteiger partial charge in [0, 0.05) is 6.54 Å². The molecule has 19 heavy (non-hydrogen) atoms. The fraction of sp³-hybridized carbons (Fsp3) is 0.429. The first-order valence-electron chi connectivity index (χ1n) is 6.19. The highest BCUT2D eigenvalue weighted by atomic mass is 19.1. The van der Waals surface area contributed by atoms with Gasteiger partial charge in [-0.1, -0.05) is 18.6 Å². The number of hydrogen-bond acceptors (Lipinski definition) is 2. The van der Waals surface area contributed by atoms with E-state index in [1.807, 2.05) is 0 Å². The van der Waals surface area contributed by atoms with Crippen LogP contribution in [0.3, 0.4) is 0 Å². The van der Waals surface area contributed by atoms with E-state index in [4.69, 9.17) is 5.11 Å². The lowest BCUT2D eigenvalue weighted by Crippen LogP contribution is -2.26. The first kappa shape index (κ1) is 15.1. The predicted octanol–water partition coefficient (Wildman–Crippen LogP) is 2.36. The second kappa shape index (κ2) is 6.87. The molecule has 0 aliphatic rings. The topological polar surface area (TPSA) is 66.4 Å². The molecule has 1 atom stereocenters. The van der Waals surface area contributed by atoms with Crippen LogP contribution in [0.4, 0.5) is 4.39 Å². The van der Waals surface area contributed by atoms with Crippen LogP contribution < -0.4 is 5.32 Å². The van der Waals surface area contributed by atoms with E-state index in [0.717, 1.165) is 5.56 Å². The standard InChI is InChI=1S/C14H18FNO3/c1-9-5-6-12(15)11(8-9)13(17)16-7-3-4-10(2)14(18)19/h5-6,8,10H,3-4,7H2,1-2H3,(H,16,17)(H,18,19). The number of carboxylic acids is 1. The Kier molecular flexibility index (Phi) is 5.48. The number of aryl methyl sites for hydroxylation is 1. The Bertz CT molecular complexity index is 474. The molecule has 2 N–H and O–H groups in total. The van der Waals surface area contributed by atoms with E-state index in [1.165, 1.54) is 12.1 Å². The van der Waals surface area contributed by atoms with Gasteiger partial charge in [0.05, 0.1) is 11.5 Å². The van der Waals surface area contributed by atoms with Crippen molar-refractivity contribution in [2.45, 2.75) is 26.7 Å². The van der Waals surface area contributed by atoms with Crippen LogP contribution >= 0.6 is 0 Å². The number of carboxylic acid groups (broad SMARTS) is 1. The Balaban J connectivity index is 2.43. The predicted molar refractivity (Wildman–Crippen MR) is 69.5 cm³/mol. The van der Waals surface area contributed by atoms with Crippen molar-refractivity contribution in [1.82, 2.24) is 5.32 Å². The first-order valence-corrected chi connectivity index (χ1v) is 6.19. The average molecular weight is 267 g/mol. The number of hydrogen-bond donors (Lipinski definition) is 2. The molecule has 0 radical (unpaired) electrons. The largest absolute Gasteiger partial charge is 0.481 e. The van der Waals surface area contributed by atoms with Gasteiger partial charge in [-0.3, -0.25) is 9.59 Å². The molecule has 0 bridgehead atoms. The molecule has 0 saturated carbocycles. The zero-order valence-corrected chi connectivity index (χ0v) is 11.1. The molecule has 1 unspecified atom stereocenters. The molecule has 0 fully saturated rings. The number of benzene rings is 1. The maximum absolute atomic E-state index is 13.4. The zero-order valence-electron chi connectivity index (χ0n) is 11.1. The quantitative estimate of drug-likeness (QED) is 0.778. The summed E-state index contributed by atoms with van der Waals surface area (Å²) in [5.74, 6) is -2.31. The maximum atomic E-state index is 13.4. The third-order valence-electron chi connectivity index (χ3n) is 2.89. The molecule has 4 nitrogen and oxygen atoms in total. The molecular formula is C14H18FNO3. The molecule has 0 aliphatic carbocycles. The molecule has 0 saturated heterocycles. The monoisotopic (exact) mass is 267 g/mol. The molecule has 0 spiro atoms. The third kappa shape index (κ3) is 4.69. The summed E-state index contributed by atoms with van der Waals surface area (Å²) in [7, 11) is 0. The number of rotatable bonds is 6. The van der Waals surface area contributed by atoms with Crippen molar-refractivity contribution in [3.05, 3.63) is 35.1 Å². The number of nitrogens with one attached hydrogen (secondary N) is 1. The first-order chi connectivity index (χ1) is 8.91. The van der Waals surface area contributed by atoms with Gasteiger partial charge in [0.2, 0.25) is 0 Å². The van der Waals surface area contributed by atoms with Crippen molar-refractivity contribution in [1.29, 1.82) is 0 Å². The van der Waals surface area contributed by atoms with Crippen LogP contribution in [-0.4, -0.2) is 23.5 Å². The van der Waals surface area contributed by atoms with Gasteiger partial charge in [0.25, 0.3) is 5.91 Å². The minimum absolute atomic E-state index is 0.0197. The molecule has 1 aromatic carbocycles. The molecule has 0 aliphatic heterocycles. The van der Waals surface area contributed by atoms with Gasteiger partial charge in [0.15, 0.2) is 0 Å². The summed E-state index contributed by atoms with van der Waals surface area (Å²) in [6, 6.07) is 4.35. The summed E-state index contributed by atoms with van der Waals surface area (Å²) in [6.07, 6.45) is 1.03. The lowest BCUT2D eigenvalue weighted by Gasteiger charge is -2.08. The van der Waals surface area contributed by atoms with Gasteiger partial charge in [-0.15, -0.1) is 0 Å². The molecule has 0 heterocycles. The van der Waals surface area contributed by atoms with Gasteiger partial charge in [-0.25, -0.2) is 4.39 Å². The Morgan fingerprint density at radius 1 is 1.42 bits per heavy atom. The Morgan fingerprint density at radius 3 is 2.74 bits per heavy atom. The van der Waals surface area contributed by atoms with Crippen molar-refractivity contribution in [2.75, 3.05) is 6.54 Å². The van der Waals surface area contributed by atoms with Crippen molar-refractivity contribution in [3.63, 3.8) is 0 Å². The molecule has 5 heteroatoms. The average Bonchev–Trinajstić information content (AvgIpc) is 2.36. The molecular weight excluding hydrogens is 249 g/mol. The Hall–Kier alpha value is -1.91. The normalized spacial score (nSPS) is 11.9. The summed E-state index contributed by atoms with van der Waals surface area (Å²) in [5.41, 5.74) is 0.831.